The first-order chi connectivity index (χ1) is 14.7. The number of aromatic nitrogens is 5. The molecule has 0 saturated carbocycles. The smallest absolute Gasteiger partial charge is 0.294 e. The Balaban J connectivity index is 1.42. The minimum Gasteiger partial charge on any atom is -0.454 e. The fraction of sp³-hybridized carbons (Fsp3) is 0.0588. The van der Waals surface area contributed by atoms with Gasteiger partial charge < -0.3 is 15.2 Å². The van der Waals surface area contributed by atoms with Crippen molar-refractivity contribution < 1.29 is 18.9 Å². The highest BCUT2D eigenvalue weighted by Gasteiger charge is 2.25. The number of nitrogen functional groups attached to an aromatic ring is 1. The number of nitrogens with two attached hydrogens (primary N) is 1. The molecule has 5 rings (SSSR count). The topological polar surface area (TPSA) is 156 Å². The van der Waals surface area contributed by atoms with Crippen LogP contribution in [0.25, 0.3) is 16.4 Å². The number of carbonyl (C=O) groups is 1. The third kappa shape index (κ3) is 3.12. The van der Waals surface area contributed by atoms with Crippen LogP contribution in [0.4, 0.5) is 5.82 Å². The Kier molecular flexibility index (Phi) is 4.33. The van der Waals surface area contributed by atoms with Gasteiger partial charge in [0.25, 0.3) is 5.91 Å². The maximum absolute atomic E-state index is 12.7. The van der Waals surface area contributed by atoms with E-state index in [1.807, 2.05) is 17.5 Å². The number of fused-ring (bicyclic) bond motifs is 1. The van der Waals surface area contributed by atoms with E-state index in [2.05, 4.69) is 35.8 Å². The van der Waals surface area contributed by atoms with Gasteiger partial charge in [0.15, 0.2) is 17.2 Å². The Labute approximate surface area is 171 Å². The summed E-state index contributed by atoms with van der Waals surface area (Å²) in [6.07, 6.45) is 1.48. The molecule has 1 aromatic carbocycles. The van der Waals surface area contributed by atoms with Crippen molar-refractivity contribution in [2.45, 2.75) is 0 Å². The largest absolute Gasteiger partial charge is 0.454 e. The molecule has 0 bridgehead atoms. The monoisotopic (exact) mass is 424 g/mol. The van der Waals surface area contributed by atoms with Gasteiger partial charge in [-0.05, 0) is 45.5 Å². The predicted molar refractivity (Wildman–Crippen MR) is 105 cm³/mol. The van der Waals surface area contributed by atoms with E-state index in [0.29, 0.717) is 17.2 Å². The zero-order valence-corrected chi connectivity index (χ0v) is 15.9. The van der Waals surface area contributed by atoms with Crippen molar-refractivity contribution in [2.24, 2.45) is 5.10 Å². The van der Waals surface area contributed by atoms with Crippen molar-refractivity contribution >= 4 is 29.3 Å². The quantitative estimate of drug-likeness (QED) is 0.357. The van der Waals surface area contributed by atoms with E-state index in [0.717, 1.165) is 10.4 Å². The van der Waals surface area contributed by atoms with E-state index in [4.69, 9.17) is 15.2 Å². The number of thiophene rings is 1. The molecule has 1 aliphatic heterocycles. The number of hydrazone groups is 1. The van der Waals surface area contributed by atoms with Crippen molar-refractivity contribution in [1.82, 2.24) is 30.7 Å². The molecule has 1 aliphatic rings. The molecule has 0 atom stereocenters. The number of hydrogen-bond acceptors (Lipinski definition) is 11. The van der Waals surface area contributed by atoms with Gasteiger partial charge in [0, 0.05) is 0 Å². The van der Waals surface area contributed by atoms with Crippen molar-refractivity contribution in [3.8, 4) is 27.9 Å². The van der Waals surface area contributed by atoms with Crippen LogP contribution in [0.2, 0.25) is 0 Å². The lowest BCUT2D eigenvalue weighted by atomic mass is 10.2. The first-order valence-electron chi connectivity index (χ1n) is 8.52. The number of nitrogens with zero attached hydrogens (tertiary/aromatic N) is 6. The fourth-order valence-electron chi connectivity index (χ4n) is 2.77. The Morgan fingerprint density at radius 3 is 2.97 bits per heavy atom. The molecule has 13 heteroatoms. The molecule has 0 saturated heterocycles. The summed E-state index contributed by atoms with van der Waals surface area (Å²) < 4.78 is 16.5. The summed E-state index contributed by atoms with van der Waals surface area (Å²) >= 11 is 1.40. The van der Waals surface area contributed by atoms with E-state index in [9.17, 15) is 4.79 Å². The SMILES string of the molecule is Nc1nonc1-n1nnc(C(=O)N/N=C\c2ccc3c(c2)OCO3)c1-c1cccs1. The van der Waals surface area contributed by atoms with Gasteiger partial charge in [0.2, 0.25) is 18.4 Å². The number of benzene rings is 1. The van der Waals surface area contributed by atoms with Gasteiger partial charge in [0.1, 0.15) is 5.69 Å². The molecule has 0 spiro atoms. The predicted octanol–water partition coefficient (Wildman–Crippen LogP) is 1.45. The summed E-state index contributed by atoms with van der Waals surface area (Å²) in [5, 5.41) is 21.1. The van der Waals surface area contributed by atoms with Gasteiger partial charge in [-0.25, -0.2) is 10.1 Å². The second-order valence-electron chi connectivity index (χ2n) is 5.96. The number of amides is 1. The van der Waals surface area contributed by atoms with Gasteiger partial charge in [0.05, 0.1) is 11.1 Å². The summed E-state index contributed by atoms with van der Waals surface area (Å²) in [5.74, 6) is 0.873. The van der Waals surface area contributed by atoms with Crippen molar-refractivity contribution in [1.29, 1.82) is 0 Å². The van der Waals surface area contributed by atoms with Crippen LogP contribution in [0.3, 0.4) is 0 Å². The molecule has 0 aliphatic carbocycles. The van der Waals surface area contributed by atoms with E-state index in [-0.39, 0.29) is 24.1 Å². The molecule has 3 aromatic heterocycles. The highest BCUT2D eigenvalue weighted by atomic mass is 32.1. The van der Waals surface area contributed by atoms with E-state index >= 15 is 0 Å². The Bertz CT molecular complexity index is 1250. The average Bonchev–Trinajstić information content (AvgIpc) is 3.52. The van der Waals surface area contributed by atoms with E-state index in [1.54, 1.807) is 18.2 Å². The normalized spacial score (nSPS) is 12.5. The van der Waals surface area contributed by atoms with Gasteiger partial charge in [-0.15, -0.1) is 16.4 Å². The molecule has 3 N–H and O–H groups in total. The average molecular weight is 424 g/mol. The Morgan fingerprint density at radius 1 is 1.27 bits per heavy atom. The summed E-state index contributed by atoms with van der Waals surface area (Å²) in [6.45, 7) is 0.180. The number of nitrogens with one attached hydrogen (secondary N) is 1. The summed E-state index contributed by atoms with van der Waals surface area (Å²) in [4.78, 5) is 13.5. The summed E-state index contributed by atoms with van der Waals surface area (Å²) in [5.41, 5.74) is 9.38. The second-order valence-corrected chi connectivity index (χ2v) is 6.91. The second kappa shape index (κ2) is 7.29. The molecule has 4 aromatic rings. The lowest BCUT2D eigenvalue weighted by Crippen LogP contribution is -2.19. The van der Waals surface area contributed by atoms with Crippen molar-refractivity contribution in [3.05, 3.63) is 47.0 Å². The van der Waals surface area contributed by atoms with Crippen molar-refractivity contribution in [2.75, 3.05) is 12.5 Å². The van der Waals surface area contributed by atoms with Crippen LogP contribution in [0.1, 0.15) is 16.1 Å². The highest BCUT2D eigenvalue weighted by molar-refractivity contribution is 7.13. The van der Waals surface area contributed by atoms with Gasteiger partial charge in [-0.2, -0.15) is 9.78 Å². The third-order valence-corrected chi connectivity index (χ3v) is 4.99. The molecular formula is C17H12N8O4S. The molecule has 150 valence electrons. The first kappa shape index (κ1) is 17.8. The standard InChI is InChI=1S/C17H12N8O4S/c18-15-16(23-29-22-15)25-14(12-2-1-5-30-12)13(20-24-25)17(26)21-19-7-9-3-4-10-11(6-9)28-8-27-10/h1-7H,8H2,(H2,18,22)(H,21,26)/b19-7-. The first-order valence-corrected chi connectivity index (χ1v) is 9.39. The number of hydrogen-bond donors (Lipinski definition) is 2. The molecule has 0 radical (unpaired) electrons. The third-order valence-electron chi connectivity index (χ3n) is 4.11. The maximum atomic E-state index is 12.7. The fourth-order valence-corrected chi connectivity index (χ4v) is 3.52. The summed E-state index contributed by atoms with van der Waals surface area (Å²) in [6, 6.07) is 8.96. The molecule has 4 heterocycles. The Morgan fingerprint density at radius 2 is 2.17 bits per heavy atom. The van der Waals surface area contributed by atoms with Crippen LogP contribution < -0.4 is 20.6 Å². The van der Waals surface area contributed by atoms with Crippen LogP contribution in [-0.4, -0.2) is 44.2 Å². The molecular weight excluding hydrogens is 412 g/mol. The van der Waals surface area contributed by atoms with Crippen LogP contribution in [-0.2, 0) is 0 Å². The van der Waals surface area contributed by atoms with Gasteiger partial charge in [-0.3, -0.25) is 4.79 Å². The number of ether oxygens (including phenoxy) is 2. The lowest BCUT2D eigenvalue weighted by Gasteiger charge is -2.03. The number of anilines is 1. The Hall–Kier alpha value is -4.26. The van der Waals surface area contributed by atoms with Crippen LogP contribution in [0.15, 0.2) is 45.4 Å². The minimum absolute atomic E-state index is 0.0190. The molecule has 1 amide bonds. The van der Waals surface area contributed by atoms with Crippen LogP contribution >= 0.6 is 11.3 Å². The molecule has 0 fully saturated rings. The maximum Gasteiger partial charge on any atom is 0.294 e. The number of carbonyl (C=O) groups excluding carboxylic acids is 1. The minimum atomic E-state index is -0.559. The molecule has 30 heavy (non-hydrogen) atoms. The zero-order valence-electron chi connectivity index (χ0n) is 15.1. The van der Waals surface area contributed by atoms with Crippen LogP contribution in [0.5, 0.6) is 11.5 Å². The molecule has 0 unspecified atom stereocenters. The zero-order chi connectivity index (χ0) is 20.5. The number of rotatable bonds is 5. The van der Waals surface area contributed by atoms with Gasteiger partial charge >= 0.3 is 0 Å². The lowest BCUT2D eigenvalue weighted by molar-refractivity contribution is 0.0950. The van der Waals surface area contributed by atoms with Gasteiger partial charge in [-0.1, -0.05) is 11.3 Å². The highest BCUT2D eigenvalue weighted by Crippen LogP contribution is 2.32. The van der Waals surface area contributed by atoms with E-state index in [1.165, 1.54) is 22.2 Å². The van der Waals surface area contributed by atoms with Crippen LogP contribution in [0, 0.1) is 0 Å². The molecule has 12 nitrogen and oxygen atoms in total. The van der Waals surface area contributed by atoms with Crippen molar-refractivity contribution in [3.63, 3.8) is 0 Å². The van der Waals surface area contributed by atoms with E-state index < -0.39 is 5.91 Å². The summed E-state index contributed by atoms with van der Waals surface area (Å²) in [7, 11) is 0.